The number of rotatable bonds is 1. The lowest BCUT2D eigenvalue weighted by molar-refractivity contribution is 0.678. The third kappa shape index (κ3) is 2.33. The standard InChI is InChI=1S/C5H10BrN.ClH/c6-4-5-2-1-3-7-5;/h5,7H,1-4H2;1H/t5-;/m0./s1. The summed E-state index contributed by atoms with van der Waals surface area (Å²) in [5.41, 5.74) is 0. The minimum Gasteiger partial charge on any atom is -0.313 e. The van der Waals surface area contributed by atoms with Crippen LogP contribution in [0.15, 0.2) is 0 Å². The topological polar surface area (TPSA) is 12.0 Å². The van der Waals surface area contributed by atoms with E-state index in [1.54, 1.807) is 0 Å². The molecule has 0 saturated carbocycles. The normalized spacial score (nSPS) is 27.4. The minimum atomic E-state index is 0. The molecule has 0 bridgehead atoms. The Balaban J connectivity index is 0.000000490. The molecule has 1 rings (SSSR count). The Morgan fingerprint density at radius 1 is 1.62 bits per heavy atom. The second-order valence-corrected chi connectivity index (χ2v) is 2.60. The summed E-state index contributed by atoms with van der Waals surface area (Å²) in [5, 5.41) is 4.48. The average Bonchev–Trinajstić information content (AvgIpc) is 2.14. The van der Waals surface area contributed by atoms with E-state index in [9.17, 15) is 0 Å². The molecule has 1 fully saturated rings. The first-order valence-corrected chi connectivity index (χ1v) is 3.85. The van der Waals surface area contributed by atoms with E-state index in [0.29, 0.717) is 0 Å². The van der Waals surface area contributed by atoms with Gasteiger partial charge in [0.1, 0.15) is 0 Å². The van der Waals surface area contributed by atoms with E-state index in [1.165, 1.54) is 19.4 Å². The molecule has 0 spiro atoms. The molecular weight excluding hydrogens is 189 g/mol. The summed E-state index contributed by atoms with van der Waals surface area (Å²) in [5.74, 6) is 0. The van der Waals surface area contributed by atoms with Crippen LogP contribution < -0.4 is 5.32 Å². The Hall–Kier alpha value is 0.730. The zero-order valence-corrected chi connectivity index (χ0v) is 7.09. The fourth-order valence-electron chi connectivity index (χ4n) is 0.888. The van der Waals surface area contributed by atoms with Crippen LogP contribution in [-0.4, -0.2) is 17.9 Å². The van der Waals surface area contributed by atoms with Crippen molar-refractivity contribution in [3.63, 3.8) is 0 Å². The molecule has 1 nitrogen and oxygen atoms in total. The lowest BCUT2D eigenvalue weighted by Gasteiger charge is -2.00. The number of hydrogen-bond donors (Lipinski definition) is 1. The molecule has 0 aromatic heterocycles. The van der Waals surface area contributed by atoms with Crippen molar-refractivity contribution in [2.45, 2.75) is 18.9 Å². The highest BCUT2D eigenvalue weighted by Crippen LogP contribution is 2.06. The van der Waals surface area contributed by atoms with E-state index in [1.807, 2.05) is 0 Å². The lowest BCUT2D eigenvalue weighted by Crippen LogP contribution is -2.22. The fourth-order valence-corrected chi connectivity index (χ4v) is 1.44. The quantitative estimate of drug-likeness (QED) is 0.634. The van der Waals surface area contributed by atoms with E-state index in [2.05, 4.69) is 21.2 Å². The number of alkyl halides is 1. The van der Waals surface area contributed by atoms with Gasteiger partial charge >= 0.3 is 0 Å². The molecular formula is C5H11BrClN. The van der Waals surface area contributed by atoms with Crippen LogP contribution in [0.5, 0.6) is 0 Å². The van der Waals surface area contributed by atoms with Gasteiger partial charge in [0.25, 0.3) is 0 Å². The molecule has 1 N–H and O–H groups in total. The largest absolute Gasteiger partial charge is 0.313 e. The molecule has 3 heteroatoms. The third-order valence-corrected chi connectivity index (χ3v) is 2.13. The SMILES string of the molecule is BrC[C@@H]1CCCN1.Cl. The Morgan fingerprint density at radius 3 is 2.62 bits per heavy atom. The van der Waals surface area contributed by atoms with E-state index < -0.39 is 0 Å². The van der Waals surface area contributed by atoms with Gasteiger partial charge in [0, 0.05) is 11.4 Å². The monoisotopic (exact) mass is 199 g/mol. The first-order valence-electron chi connectivity index (χ1n) is 2.73. The van der Waals surface area contributed by atoms with Crippen LogP contribution in [-0.2, 0) is 0 Å². The molecule has 1 atom stereocenters. The molecule has 0 aliphatic carbocycles. The highest BCUT2D eigenvalue weighted by molar-refractivity contribution is 9.09. The van der Waals surface area contributed by atoms with Gasteiger partial charge in [0.05, 0.1) is 0 Å². The van der Waals surface area contributed by atoms with Crippen molar-refractivity contribution < 1.29 is 0 Å². The van der Waals surface area contributed by atoms with Gasteiger partial charge in [-0.15, -0.1) is 12.4 Å². The third-order valence-electron chi connectivity index (χ3n) is 1.35. The Labute approximate surface area is 64.8 Å². The van der Waals surface area contributed by atoms with E-state index in [4.69, 9.17) is 0 Å². The highest BCUT2D eigenvalue weighted by atomic mass is 79.9. The van der Waals surface area contributed by atoms with E-state index in [0.717, 1.165) is 11.4 Å². The van der Waals surface area contributed by atoms with Crippen molar-refractivity contribution in [1.29, 1.82) is 0 Å². The Morgan fingerprint density at radius 2 is 2.38 bits per heavy atom. The van der Waals surface area contributed by atoms with Gasteiger partial charge < -0.3 is 5.32 Å². The van der Waals surface area contributed by atoms with Gasteiger partial charge in [-0.3, -0.25) is 0 Å². The van der Waals surface area contributed by atoms with Gasteiger partial charge in [-0.1, -0.05) is 15.9 Å². The van der Waals surface area contributed by atoms with Crippen LogP contribution in [0.3, 0.4) is 0 Å². The van der Waals surface area contributed by atoms with Crippen molar-refractivity contribution in [3.05, 3.63) is 0 Å². The fraction of sp³-hybridized carbons (Fsp3) is 1.00. The molecule has 0 amide bonds. The van der Waals surface area contributed by atoms with E-state index in [-0.39, 0.29) is 12.4 Å². The van der Waals surface area contributed by atoms with Crippen LogP contribution in [0.1, 0.15) is 12.8 Å². The molecule has 0 unspecified atom stereocenters. The second kappa shape index (κ2) is 4.59. The van der Waals surface area contributed by atoms with Crippen molar-refractivity contribution in [2.75, 3.05) is 11.9 Å². The molecule has 0 radical (unpaired) electrons. The summed E-state index contributed by atoms with van der Waals surface area (Å²) in [6.45, 7) is 1.22. The number of halogens is 2. The van der Waals surface area contributed by atoms with Crippen molar-refractivity contribution in [1.82, 2.24) is 5.32 Å². The molecule has 1 aliphatic heterocycles. The van der Waals surface area contributed by atoms with Crippen LogP contribution in [0.4, 0.5) is 0 Å². The molecule has 0 aromatic rings. The van der Waals surface area contributed by atoms with Crippen molar-refractivity contribution in [2.24, 2.45) is 0 Å². The summed E-state index contributed by atoms with van der Waals surface area (Å²) in [6.07, 6.45) is 2.71. The molecule has 50 valence electrons. The smallest absolute Gasteiger partial charge is 0.0186 e. The average molecular weight is 201 g/mol. The minimum absolute atomic E-state index is 0. The Bertz CT molecular complexity index is 54.4. The maximum atomic E-state index is 3.41. The molecule has 1 aliphatic rings. The summed E-state index contributed by atoms with van der Waals surface area (Å²) < 4.78 is 0. The van der Waals surface area contributed by atoms with Gasteiger partial charge in [0.2, 0.25) is 0 Å². The molecule has 1 saturated heterocycles. The zero-order valence-electron chi connectivity index (χ0n) is 4.69. The van der Waals surface area contributed by atoms with Gasteiger partial charge in [0.15, 0.2) is 0 Å². The van der Waals surface area contributed by atoms with Crippen molar-refractivity contribution in [3.8, 4) is 0 Å². The Kier molecular flexibility index (Phi) is 5.01. The lowest BCUT2D eigenvalue weighted by atomic mass is 10.3. The predicted molar refractivity (Wildman–Crippen MR) is 42.1 cm³/mol. The summed E-state index contributed by atoms with van der Waals surface area (Å²) in [6, 6.07) is 0.764. The van der Waals surface area contributed by atoms with Crippen LogP contribution in [0, 0.1) is 0 Å². The number of nitrogens with one attached hydrogen (secondary N) is 1. The van der Waals surface area contributed by atoms with Gasteiger partial charge in [-0.05, 0) is 19.4 Å². The molecule has 8 heavy (non-hydrogen) atoms. The molecule has 0 aromatic carbocycles. The predicted octanol–water partition coefficient (Wildman–Crippen LogP) is 1.56. The first-order chi connectivity index (χ1) is 3.43. The second-order valence-electron chi connectivity index (χ2n) is 1.95. The molecule has 1 heterocycles. The van der Waals surface area contributed by atoms with Crippen molar-refractivity contribution >= 4 is 28.3 Å². The van der Waals surface area contributed by atoms with Crippen LogP contribution in [0.2, 0.25) is 0 Å². The maximum Gasteiger partial charge on any atom is 0.0186 e. The zero-order chi connectivity index (χ0) is 5.11. The first kappa shape index (κ1) is 8.73. The summed E-state index contributed by atoms with van der Waals surface area (Å²) >= 11 is 3.41. The van der Waals surface area contributed by atoms with Gasteiger partial charge in [-0.25, -0.2) is 0 Å². The number of hydrogen-bond acceptors (Lipinski definition) is 1. The summed E-state index contributed by atoms with van der Waals surface area (Å²) in [4.78, 5) is 0. The maximum absolute atomic E-state index is 3.41. The highest BCUT2D eigenvalue weighted by Gasteiger charge is 2.10. The van der Waals surface area contributed by atoms with E-state index >= 15 is 0 Å². The van der Waals surface area contributed by atoms with Crippen LogP contribution in [0.25, 0.3) is 0 Å². The summed E-state index contributed by atoms with van der Waals surface area (Å²) in [7, 11) is 0. The van der Waals surface area contributed by atoms with Gasteiger partial charge in [-0.2, -0.15) is 0 Å². The van der Waals surface area contributed by atoms with Crippen LogP contribution >= 0.6 is 28.3 Å².